The molecule has 1 aliphatic carbocycles. The van der Waals surface area contributed by atoms with Crippen LogP contribution in [-0.4, -0.2) is 73.9 Å². The summed E-state index contributed by atoms with van der Waals surface area (Å²) in [5.74, 6) is 3.15. The van der Waals surface area contributed by atoms with Crippen molar-refractivity contribution in [2.75, 3.05) is 50.8 Å². The molecule has 2 saturated heterocycles. The summed E-state index contributed by atoms with van der Waals surface area (Å²) in [7, 11) is 0. The number of hydrogen-bond donors (Lipinski definition) is 1. The highest BCUT2D eigenvalue weighted by Gasteiger charge is 2.27. The first-order valence-corrected chi connectivity index (χ1v) is 12.7. The zero-order valence-electron chi connectivity index (χ0n) is 19.3. The maximum Gasteiger partial charge on any atom is 0.222 e. The molecule has 7 heteroatoms. The number of anilines is 1. The van der Waals surface area contributed by atoms with Crippen LogP contribution in [0.25, 0.3) is 0 Å². The second-order valence-electron chi connectivity index (χ2n) is 9.95. The Hall–Kier alpha value is -1.86. The van der Waals surface area contributed by atoms with Gasteiger partial charge in [0.1, 0.15) is 11.6 Å². The maximum absolute atomic E-state index is 12.3. The summed E-state index contributed by atoms with van der Waals surface area (Å²) in [4.78, 5) is 22.0. The molecule has 4 aliphatic rings. The lowest BCUT2D eigenvalue weighted by Crippen LogP contribution is -2.47. The SMILES string of the molecule is O=C(CC1CCCO1)NC1CCC(CCN2CCN(c3nccc4c3CCO4)CC2)CC1. The van der Waals surface area contributed by atoms with E-state index in [1.807, 2.05) is 12.3 Å². The molecule has 4 heterocycles. The van der Waals surface area contributed by atoms with Crippen molar-refractivity contribution in [1.82, 2.24) is 15.2 Å². The third-order valence-electron chi connectivity index (χ3n) is 7.77. The highest BCUT2D eigenvalue weighted by molar-refractivity contribution is 5.76. The molecule has 5 rings (SSSR count). The summed E-state index contributed by atoms with van der Waals surface area (Å²) >= 11 is 0. The average Bonchev–Trinajstić information content (AvgIpc) is 3.51. The van der Waals surface area contributed by atoms with Crippen LogP contribution in [0.2, 0.25) is 0 Å². The fraction of sp³-hybridized carbons (Fsp3) is 0.760. The number of pyridine rings is 1. The summed E-state index contributed by atoms with van der Waals surface area (Å²) in [6, 6.07) is 2.36. The van der Waals surface area contributed by atoms with Crippen molar-refractivity contribution in [3.8, 4) is 5.75 Å². The standard InChI is InChI=1S/C25H38N4O3/c30-24(18-21-2-1-16-31-21)27-20-5-3-19(4-6-20)8-11-28-12-14-29(15-13-28)25-22-9-17-32-23(22)7-10-26-25/h7,10,19-21H,1-6,8-9,11-18H2,(H,27,30). The Balaban J connectivity index is 0.988. The molecule has 0 aromatic carbocycles. The van der Waals surface area contributed by atoms with Gasteiger partial charge in [-0.2, -0.15) is 0 Å². The van der Waals surface area contributed by atoms with Crippen LogP contribution in [0.5, 0.6) is 5.75 Å². The number of nitrogens with one attached hydrogen (secondary N) is 1. The minimum atomic E-state index is 0.152. The number of rotatable bonds is 7. The molecule has 1 atom stereocenters. The Kier molecular flexibility index (Phi) is 7.13. The first-order chi connectivity index (χ1) is 15.7. The minimum absolute atomic E-state index is 0.152. The third-order valence-corrected chi connectivity index (χ3v) is 7.77. The monoisotopic (exact) mass is 442 g/mol. The summed E-state index contributed by atoms with van der Waals surface area (Å²) in [5, 5.41) is 3.26. The lowest BCUT2D eigenvalue weighted by Gasteiger charge is -2.37. The molecule has 3 aliphatic heterocycles. The normalized spacial score (nSPS) is 28.4. The predicted octanol–water partition coefficient (Wildman–Crippen LogP) is 2.77. The molecule has 32 heavy (non-hydrogen) atoms. The van der Waals surface area contributed by atoms with Crippen molar-refractivity contribution in [2.45, 2.75) is 69.9 Å². The Morgan fingerprint density at radius 1 is 1.09 bits per heavy atom. The first kappa shape index (κ1) is 22.0. The van der Waals surface area contributed by atoms with Gasteiger partial charge in [0.25, 0.3) is 0 Å². The van der Waals surface area contributed by atoms with E-state index >= 15 is 0 Å². The molecule has 1 N–H and O–H groups in total. The fourth-order valence-corrected chi connectivity index (χ4v) is 5.81. The van der Waals surface area contributed by atoms with Crippen LogP contribution in [0.15, 0.2) is 12.3 Å². The number of ether oxygens (including phenoxy) is 2. The Labute approximate surface area is 191 Å². The van der Waals surface area contributed by atoms with Gasteiger partial charge in [-0.3, -0.25) is 9.69 Å². The van der Waals surface area contributed by atoms with Gasteiger partial charge in [0, 0.05) is 57.0 Å². The van der Waals surface area contributed by atoms with Crippen molar-refractivity contribution in [3.05, 3.63) is 17.8 Å². The van der Waals surface area contributed by atoms with Crippen LogP contribution in [-0.2, 0) is 16.0 Å². The molecule has 1 unspecified atom stereocenters. The fourth-order valence-electron chi connectivity index (χ4n) is 5.81. The Morgan fingerprint density at radius 2 is 1.94 bits per heavy atom. The minimum Gasteiger partial charge on any atom is -0.493 e. The van der Waals surface area contributed by atoms with E-state index in [0.717, 1.165) is 89.0 Å². The van der Waals surface area contributed by atoms with Crippen LogP contribution in [0.3, 0.4) is 0 Å². The van der Waals surface area contributed by atoms with Crippen LogP contribution >= 0.6 is 0 Å². The number of carbonyl (C=O) groups excluding carboxylic acids is 1. The van der Waals surface area contributed by atoms with Crippen molar-refractivity contribution in [2.24, 2.45) is 5.92 Å². The Bertz CT molecular complexity index is 766. The van der Waals surface area contributed by atoms with Gasteiger partial charge < -0.3 is 19.7 Å². The molecule has 0 radical (unpaired) electrons. The van der Waals surface area contributed by atoms with E-state index in [4.69, 9.17) is 9.47 Å². The maximum atomic E-state index is 12.3. The second kappa shape index (κ2) is 10.4. The van der Waals surface area contributed by atoms with Crippen molar-refractivity contribution in [3.63, 3.8) is 0 Å². The van der Waals surface area contributed by atoms with Gasteiger partial charge in [0.15, 0.2) is 0 Å². The largest absolute Gasteiger partial charge is 0.493 e. The van der Waals surface area contributed by atoms with E-state index in [1.165, 1.54) is 31.4 Å². The van der Waals surface area contributed by atoms with Gasteiger partial charge in [0.05, 0.1) is 19.1 Å². The van der Waals surface area contributed by atoms with Gasteiger partial charge in [-0.1, -0.05) is 0 Å². The lowest BCUT2D eigenvalue weighted by molar-refractivity contribution is -0.124. The van der Waals surface area contributed by atoms with E-state index in [1.54, 1.807) is 0 Å². The van der Waals surface area contributed by atoms with E-state index in [0.29, 0.717) is 12.5 Å². The molecular formula is C25H38N4O3. The Morgan fingerprint density at radius 3 is 2.72 bits per heavy atom. The molecule has 0 spiro atoms. The zero-order valence-corrected chi connectivity index (χ0v) is 19.3. The van der Waals surface area contributed by atoms with E-state index in [-0.39, 0.29) is 12.0 Å². The van der Waals surface area contributed by atoms with Gasteiger partial charge in [0.2, 0.25) is 5.91 Å². The number of fused-ring (bicyclic) bond motifs is 1. The quantitative estimate of drug-likeness (QED) is 0.701. The molecular weight excluding hydrogens is 404 g/mol. The lowest BCUT2D eigenvalue weighted by atomic mass is 9.84. The summed E-state index contributed by atoms with van der Waals surface area (Å²) in [6.45, 7) is 7.12. The van der Waals surface area contributed by atoms with E-state index < -0.39 is 0 Å². The van der Waals surface area contributed by atoms with Crippen molar-refractivity contribution in [1.29, 1.82) is 0 Å². The topological polar surface area (TPSA) is 66.9 Å². The molecule has 1 aromatic rings. The van der Waals surface area contributed by atoms with E-state index in [2.05, 4.69) is 20.1 Å². The molecule has 1 saturated carbocycles. The number of amides is 1. The number of nitrogens with zero attached hydrogens (tertiary/aromatic N) is 3. The van der Waals surface area contributed by atoms with Crippen LogP contribution in [0, 0.1) is 5.92 Å². The highest BCUT2D eigenvalue weighted by atomic mass is 16.5. The van der Waals surface area contributed by atoms with Crippen LogP contribution < -0.4 is 15.0 Å². The van der Waals surface area contributed by atoms with Crippen LogP contribution in [0.4, 0.5) is 5.82 Å². The molecule has 176 valence electrons. The third kappa shape index (κ3) is 5.37. The van der Waals surface area contributed by atoms with Gasteiger partial charge in [-0.25, -0.2) is 4.98 Å². The highest BCUT2D eigenvalue weighted by Crippen LogP contribution is 2.32. The smallest absolute Gasteiger partial charge is 0.222 e. The summed E-state index contributed by atoms with van der Waals surface area (Å²) in [5.41, 5.74) is 1.29. The van der Waals surface area contributed by atoms with Crippen molar-refractivity contribution >= 4 is 11.7 Å². The van der Waals surface area contributed by atoms with Gasteiger partial charge in [-0.05, 0) is 63.5 Å². The first-order valence-electron chi connectivity index (χ1n) is 12.7. The summed E-state index contributed by atoms with van der Waals surface area (Å²) < 4.78 is 11.3. The van der Waals surface area contributed by atoms with Gasteiger partial charge >= 0.3 is 0 Å². The average molecular weight is 443 g/mol. The molecule has 7 nitrogen and oxygen atoms in total. The van der Waals surface area contributed by atoms with Gasteiger partial charge in [-0.15, -0.1) is 0 Å². The molecule has 3 fully saturated rings. The predicted molar refractivity (Wildman–Crippen MR) is 124 cm³/mol. The van der Waals surface area contributed by atoms with Crippen molar-refractivity contribution < 1.29 is 14.3 Å². The summed E-state index contributed by atoms with van der Waals surface area (Å²) in [6.07, 6.45) is 11.7. The molecule has 1 aromatic heterocycles. The molecule has 0 bridgehead atoms. The number of hydrogen-bond acceptors (Lipinski definition) is 6. The zero-order chi connectivity index (χ0) is 21.8. The number of carbonyl (C=O) groups is 1. The second-order valence-corrected chi connectivity index (χ2v) is 9.95. The van der Waals surface area contributed by atoms with E-state index in [9.17, 15) is 4.79 Å². The number of aromatic nitrogens is 1. The van der Waals surface area contributed by atoms with Crippen LogP contribution in [0.1, 0.15) is 56.9 Å². The number of piperazine rings is 1. The molecule has 1 amide bonds.